The molecule has 0 aliphatic heterocycles. The molecule has 0 aromatic heterocycles. The lowest BCUT2D eigenvalue weighted by molar-refractivity contribution is 0.0681. The van der Waals surface area contributed by atoms with Crippen LogP contribution in [-0.4, -0.2) is 12.1 Å². The highest BCUT2D eigenvalue weighted by molar-refractivity contribution is 5.36. The maximum atomic E-state index is 13.5. The van der Waals surface area contributed by atoms with Gasteiger partial charge in [0, 0.05) is 17.5 Å². The maximum Gasteiger partial charge on any atom is 0.144 e. The van der Waals surface area contributed by atoms with Crippen LogP contribution in [-0.2, 0) is 0 Å². The first-order valence-corrected chi connectivity index (χ1v) is 5.87. The second-order valence-electron chi connectivity index (χ2n) is 5.52. The lowest BCUT2D eigenvalue weighted by Crippen LogP contribution is -2.45. The van der Waals surface area contributed by atoms with E-state index < -0.39 is 5.82 Å². The van der Waals surface area contributed by atoms with Crippen molar-refractivity contribution in [3.8, 4) is 11.8 Å². The minimum atomic E-state index is -0.577. The van der Waals surface area contributed by atoms with Gasteiger partial charge in [0.1, 0.15) is 23.7 Å². The van der Waals surface area contributed by atoms with Crippen molar-refractivity contribution in [2.24, 2.45) is 11.1 Å². The summed E-state index contributed by atoms with van der Waals surface area (Å²) in [5.74, 6) is -0.184. The maximum absolute atomic E-state index is 13.5. The van der Waals surface area contributed by atoms with Crippen molar-refractivity contribution >= 4 is 0 Å². The van der Waals surface area contributed by atoms with Gasteiger partial charge in [0.25, 0.3) is 0 Å². The van der Waals surface area contributed by atoms with Crippen LogP contribution < -0.4 is 10.5 Å². The Morgan fingerprint density at radius 2 is 2.00 bits per heavy atom. The number of halogens is 1. The van der Waals surface area contributed by atoms with Crippen molar-refractivity contribution in [3.63, 3.8) is 0 Å². The Morgan fingerprint density at radius 3 is 2.39 bits per heavy atom. The normalized spacial score (nSPS) is 14.7. The average Bonchev–Trinajstić information content (AvgIpc) is 2.24. The molecule has 1 aromatic rings. The third kappa shape index (κ3) is 3.44. The van der Waals surface area contributed by atoms with Crippen LogP contribution in [0.1, 0.15) is 33.3 Å². The van der Waals surface area contributed by atoms with E-state index in [1.165, 1.54) is 12.1 Å². The SMILES string of the molecule is CC(N)C(Oc1ccc(C#N)c(F)c1)C(C)(C)C. The quantitative estimate of drug-likeness (QED) is 0.897. The molecule has 3 nitrogen and oxygen atoms in total. The van der Waals surface area contributed by atoms with Crippen molar-refractivity contribution < 1.29 is 9.13 Å². The topological polar surface area (TPSA) is 59.0 Å². The molecule has 0 heterocycles. The summed E-state index contributed by atoms with van der Waals surface area (Å²) in [6.45, 7) is 7.90. The molecular formula is C14H19FN2O. The Kier molecular flexibility index (Phi) is 4.31. The molecule has 0 amide bonds. The number of nitriles is 1. The molecule has 0 radical (unpaired) electrons. The van der Waals surface area contributed by atoms with Gasteiger partial charge in [-0.2, -0.15) is 5.26 Å². The van der Waals surface area contributed by atoms with Crippen molar-refractivity contribution in [2.45, 2.75) is 39.8 Å². The van der Waals surface area contributed by atoms with Crippen molar-refractivity contribution in [1.82, 2.24) is 0 Å². The molecule has 0 aliphatic carbocycles. The molecule has 0 saturated heterocycles. The van der Waals surface area contributed by atoms with E-state index in [1.54, 1.807) is 12.1 Å². The summed E-state index contributed by atoms with van der Waals surface area (Å²) >= 11 is 0. The van der Waals surface area contributed by atoms with Crippen molar-refractivity contribution in [3.05, 3.63) is 29.6 Å². The monoisotopic (exact) mass is 250 g/mol. The third-order valence-electron chi connectivity index (χ3n) is 2.66. The van der Waals surface area contributed by atoms with Crippen LogP contribution in [0.2, 0.25) is 0 Å². The van der Waals surface area contributed by atoms with Gasteiger partial charge in [-0.1, -0.05) is 20.8 Å². The van der Waals surface area contributed by atoms with Crippen molar-refractivity contribution in [2.75, 3.05) is 0 Å². The fraction of sp³-hybridized carbons (Fsp3) is 0.500. The van der Waals surface area contributed by atoms with Crippen LogP contribution in [0.15, 0.2) is 18.2 Å². The van der Waals surface area contributed by atoms with Gasteiger partial charge in [-0.05, 0) is 19.1 Å². The predicted molar refractivity (Wildman–Crippen MR) is 68.6 cm³/mol. The van der Waals surface area contributed by atoms with Gasteiger partial charge in [0.05, 0.1) is 5.56 Å². The Morgan fingerprint density at radius 1 is 1.39 bits per heavy atom. The first-order valence-electron chi connectivity index (χ1n) is 5.87. The smallest absolute Gasteiger partial charge is 0.144 e. The minimum Gasteiger partial charge on any atom is -0.488 e. The second kappa shape index (κ2) is 5.36. The van der Waals surface area contributed by atoms with Gasteiger partial charge in [-0.15, -0.1) is 0 Å². The van der Waals surface area contributed by atoms with E-state index in [1.807, 2.05) is 27.7 Å². The van der Waals surface area contributed by atoms with Gasteiger partial charge in [-0.25, -0.2) is 4.39 Å². The van der Waals surface area contributed by atoms with Gasteiger partial charge >= 0.3 is 0 Å². The summed E-state index contributed by atoms with van der Waals surface area (Å²) in [6.07, 6.45) is -0.232. The van der Waals surface area contributed by atoms with E-state index in [0.29, 0.717) is 5.75 Å². The largest absolute Gasteiger partial charge is 0.488 e. The van der Waals surface area contributed by atoms with Crippen LogP contribution in [0.25, 0.3) is 0 Å². The molecule has 2 unspecified atom stereocenters. The highest BCUT2D eigenvalue weighted by atomic mass is 19.1. The number of benzene rings is 1. The molecule has 0 spiro atoms. The minimum absolute atomic E-state index is 0.00968. The second-order valence-corrected chi connectivity index (χ2v) is 5.52. The summed E-state index contributed by atoms with van der Waals surface area (Å²) in [5, 5.41) is 8.66. The zero-order valence-electron chi connectivity index (χ0n) is 11.2. The van der Waals surface area contributed by atoms with Crippen LogP contribution in [0.3, 0.4) is 0 Å². The number of nitrogens with two attached hydrogens (primary N) is 1. The summed E-state index contributed by atoms with van der Waals surface area (Å²) in [7, 11) is 0. The number of hydrogen-bond acceptors (Lipinski definition) is 3. The van der Waals surface area contributed by atoms with E-state index in [2.05, 4.69) is 0 Å². The fourth-order valence-electron chi connectivity index (χ4n) is 1.88. The summed E-state index contributed by atoms with van der Waals surface area (Å²) in [6, 6.07) is 5.81. The number of hydrogen-bond donors (Lipinski definition) is 1. The van der Waals surface area contributed by atoms with Gasteiger partial charge in [0.2, 0.25) is 0 Å². The lowest BCUT2D eigenvalue weighted by Gasteiger charge is -2.34. The van der Waals surface area contributed by atoms with E-state index in [0.717, 1.165) is 0 Å². The summed E-state index contributed by atoms with van der Waals surface area (Å²) < 4.78 is 19.2. The zero-order chi connectivity index (χ0) is 13.9. The lowest BCUT2D eigenvalue weighted by atomic mass is 9.85. The highest BCUT2D eigenvalue weighted by Crippen LogP contribution is 2.27. The number of nitrogens with zero attached hydrogens (tertiary/aromatic N) is 1. The van der Waals surface area contributed by atoms with Gasteiger partial charge in [-0.3, -0.25) is 0 Å². The van der Waals surface area contributed by atoms with E-state index >= 15 is 0 Å². The summed E-state index contributed by atoms with van der Waals surface area (Å²) in [4.78, 5) is 0. The van der Waals surface area contributed by atoms with Crippen LogP contribution >= 0.6 is 0 Å². The molecule has 2 N–H and O–H groups in total. The molecular weight excluding hydrogens is 231 g/mol. The zero-order valence-corrected chi connectivity index (χ0v) is 11.2. The highest BCUT2D eigenvalue weighted by Gasteiger charge is 2.30. The molecule has 2 atom stereocenters. The standard InChI is InChI=1S/C14H19FN2O/c1-9(17)13(14(2,3)4)18-11-6-5-10(8-16)12(15)7-11/h5-7,9,13H,17H2,1-4H3. The van der Waals surface area contributed by atoms with E-state index in [9.17, 15) is 4.39 Å². The predicted octanol–water partition coefficient (Wildman–Crippen LogP) is 2.84. The molecule has 4 heteroatoms. The van der Waals surface area contributed by atoms with E-state index in [4.69, 9.17) is 15.7 Å². The van der Waals surface area contributed by atoms with Crippen LogP contribution in [0.4, 0.5) is 4.39 Å². The number of ether oxygens (including phenoxy) is 1. The van der Waals surface area contributed by atoms with Crippen LogP contribution in [0, 0.1) is 22.6 Å². The van der Waals surface area contributed by atoms with Gasteiger partial charge < -0.3 is 10.5 Å². The molecule has 1 aromatic carbocycles. The van der Waals surface area contributed by atoms with E-state index in [-0.39, 0.29) is 23.1 Å². The summed E-state index contributed by atoms with van der Waals surface area (Å²) in [5.41, 5.74) is 5.75. The van der Waals surface area contributed by atoms with Crippen molar-refractivity contribution in [1.29, 1.82) is 5.26 Å². The Hall–Kier alpha value is -1.60. The first kappa shape index (κ1) is 14.5. The molecule has 98 valence electrons. The average molecular weight is 250 g/mol. The Bertz CT molecular complexity index is 458. The Balaban J connectivity index is 2.96. The Labute approximate surface area is 107 Å². The molecule has 1 rings (SSSR count). The number of rotatable bonds is 3. The first-order chi connectivity index (χ1) is 8.25. The third-order valence-corrected chi connectivity index (χ3v) is 2.66. The fourth-order valence-corrected chi connectivity index (χ4v) is 1.88. The molecule has 0 aliphatic rings. The molecule has 0 bridgehead atoms. The molecule has 18 heavy (non-hydrogen) atoms. The molecule has 0 saturated carbocycles. The van der Waals surface area contributed by atoms with Gasteiger partial charge in [0.15, 0.2) is 0 Å². The molecule has 0 fully saturated rings. The van der Waals surface area contributed by atoms with Crippen LogP contribution in [0.5, 0.6) is 5.75 Å².